The lowest BCUT2D eigenvalue weighted by Gasteiger charge is -2.13. The third kappa shape index (κ3) is 3.26. The number of benzene rings is 1. The van der Waals surface area contributed by atoms with Crippen molar-refractivity contribution in [2.24, 2.45) is 5.73 Å². The monoisotopic (exact) mass is 295 g/mol. The Balaban J connectivity index is 0.00000196. The minimum atomic E-state index is -0.0362. The van der Waals surface area contributed by atoms with Crippen molar-refractivity contribution < 1.29 is 9.47 Å². The fraction of sp³-hybridized carbons (Fsp3) is 0.400. The van der Waals surface area contributed by atoms with Crippen molar-refractivity contribution >= 4 is 28.3 Å². The Kier molecular flexibility index (Phi) is 6.02. The molecule has 0 spiro atoms. The van der Waals surface area contributed by atoms with Gasteiger partial charge in [0.25, 0.3) is 0 Å². The molecule has 0 saturated carbocycles. The van der Waals surface area contributed by atoms with Gasteiger partial charge in [-0.15, -0.1) is 12.4 Å². The van der Waals surface area contributed by atoms with Gasteiger partial charge in [0.05, 0.1) is 14.2 Å². The minimum absolute atomic E-state index is 0. The lowest BCUT2D eigenvalue weighted by Crippen LogP contribution is -2.05. The van der Waals surface area contributed by atoms with Crippen LogP contribution in [0.5, 0.6) is 11.5 Å². The van der Waals surface area contributed by atoms with Crippen molar-refractivity contribution in [2.45, 2.75) is 13.0 Å². The third-order valence-electron chi connectivity index (χ3n) is 1.99. The summed E-state index contributed by atoms with van der Waals surface area (Å²) in [4.78, 5) is 0. The molecule has 0 unspecified atom stereocenters. The Bertz CT molecular complexity index is 306. The van der Waals surface area contributed by atoms with E-state index >= 15 is 0 Å². The summed E-state index contributed by atoms with van der Waals surface area (Å²) in [6.45, 7) is 1.92. The van der Waals surface area contributed by atoms with Gasteiger partial charge in [-0.25, -0.2) is 0 Å². The lowest BCUT2D eigenvalue weighted by atomic mass is 10.1. The number of ether oxygens (including phenoxy) is 2. The molecule has 0 saturated heterocycles. The molecule has 0 aromatic heterocycles. The van der Waals surface area contributed by atoms with E-state index in [-0.39, 0.29) is 18.4 Å². The predicted molar refractivity (Wildman–Crippen MR) is 67.1 cm³/mol. The molecule has 1 rings (SSSR count). The summed E-state index contributed by atoms with van der Waals surface area (Å²) in [6, 6.07) is 3.76. The van der Waals surface area contributed by atoms with E-state index in [1.165, 1.54) is 0 Å². The molecule has 0 aliphatic rings. The average molecular weight is 297 g/mol. The average Bonchev–Trinajstić information content (AvgIpc) is 2.17. The summed E-state index contributed by atoms with van der Waals surface area (Å²) in [5, 5.41) is 0. The first-order valence-corrected chi connectivity index (χ1v) is 5.06. The number of nitrogens with two attached hydrogens (primary N) is 1. The standard InChI is InChI=1S/C10H14BrNO2.ClH/c1-6(12)7-4-8(13-2)10(11)9(5-7)14-3;/h4-6H,12H2,1-3H3;1H/t6-;/m1./s1. The molecule has 1 atom stereocenters. The summed E-state index contributed by atoms with van der Waals surface area (Å²) in [5.41, 5.74) is 6.77. The Morgan fingerprint density at radius 1 is 1.20 bits per heavy atom. The summed E-state index contributed by atoms with van der Waals surface area (Å²) in [7, 11) is 3.23. The van der Waals surface area contributed by atoms with Crippen LogP contribution >= 0.6 is 28.3 Å². The fourth-order valence-corrected chi connectivity index (χ4v) is 1.71. The largest absolute Gasteiger partial charge is 0.495 e. The summed E-state index contributed by atoms with van der Waals surface area (Å²) >= 11 is 3.39. The molecule has 1 aromatic rings. The van der Waals surface area contributed by atoms with E-state index in [1.807, 2.05) is 19.1 Å². The fourth-order valence-electron chi connectivity index (χ4n) is 1.15. The summed E-state index contributed by atoms with van der Waals surface area (Å²) in [6.07, 6.45) is 0. The Morgan fingerprint density at radius 2 is 1.60 bits per heavy atom. The maximum Gasteiger partial charge on any atom is 0.137 e. The van der Waals surface area contributed by atoms with Gasteiger partial charge in [0.15, 0.2) is 0 Å². The number of methoxy groups -OCH3 is 2. The number of rotatable bonds is 3. The predicted octanol–water partition coefficient (Wildman–Crippen LogP) is 2.91. The van der Waals surface area contributed by atoms with Crippen molar-refractivity contribution in [1.82, 2.24) is 0 Å². The highest BCUT2D eigenvalue weighted by Gasteiger charge is 2.11. The van der Waals surface area contributed by atoms with Gasteiger partial charge in [-0.3, -0.25) is 0 Å². The van der Waals surface area contributed by atoms with Gasteiger partial charge in [-0.2, -0.15) is 0 Å². The highest BCUT2D eigenvalue weighted by molar-refractivity contribution is 9.10. The lowest BCUT2D eigenvalue weighted by molar-refractivity contribution is 0.388. The van der Waals surface area contributed by atoms with Gasteiger partial charge in [-0.1, -0.05) is 0 Å². The number of hydrogen-bond acceptors (Lipinski definition) is 3. The first-order chi connectivity index (χ1) is 6.60. The van der Waals surface area contributed by atoms with Crippen LogP contribution in [-0.2, 0) is 0 Å². The second kappa shape index (κ2) is 6.20. The zero-order valence-corrected chi connectivity index (χ0v) is 11.3. The van der Waals surface area contributed by atoms with Crippen LogP contribution in [0.25, 0.3) is 0 Å². The molecule has 86 valence electrons. The molecule has 0 amide bonds. The molecule has 0 aliphatic heterocycles. The van der Waals surface area contributed by atoms with Gasteiger partial charge in [-0.05, 0) is 40.5 Å². The zero-order valence-electron chi connectivity index (χ0n) is 8.91. The van der Waals surface area contributed by atoms with E-state index in [9.17, 15) is 0 Å². The van der Waals surface area contributed by atoms with Crippen molar-refractivity contribution in [2.75, 3.05) is 14.2 Å². The number of halogens is 2. The first-order valence-electron chi connectivity index (χ1n) is 4.27. The summed E-state index contributed by atoms with van der Waals surface area (Å²) in [5.74, 6) is 1.47. The smallest absolute Gasteiger partial charge is 0.137 e. The van der Waals surface area contributed by atoms with Gasteiger partial charge in [0.2, 0.25) is 0 Å². The van der Waals surface area contributed by atoms with Gasteiger partial charge in [0.1, 0.15) is 16.0 Å². The van der Waals surface area contributed by atoms with E-state index in [0.717, 1.165) is 21.5 Å². The molecular weight excluding hydrogens is 281 g/mol. The second-order valence-corrected chi connectivity index (χ2v) is 3.82. The molecule has 1 aromatic carbocycles. The van der Waals surface area contributed by atoms with Crippen LogP contribution in [0, 0.1) is 0 Å². The van der Waals surface area contributed by atoms with E-state index in [4.69, 9.17) is 15.2 Å². The molecule has 0 bridgehead atoms. The molecule has 0 heterocycles. The van der Waals surface area contributed by atoms with Crippen LogP contribution < -0.4 is 15.2 Å². The molecule has 0 fully saturated rings. The third-order valence-corrected chi connectivity index (χ3v) is 2.78. The second-order valence-electron chi connectivity index (χ2n) is 3.03. The Morgan fingerprint density at radius 3 is 1.87 bits per heavy atom. The van der Waals surface area contributed by atoms with Crippen LogP contribution in [-0.4, -0.2) is 14.2 Å². The zero-order chi connectivity index (χ0) is 10.7. The van der Waals surface area contributed by atoms with Gasteiger partial charge >= 0.3 is 0 Å². The van der Waals surface area contributed by atoms with Crippen LogP contribution in [0.1, 0.15) is 18.5 Å². The maximum absolute atomic E-state index is 5.78. The highest BCUT2D eigenvalue weighted by atomic mass is 79.9. The van der Waals surface area contributed by atoms with E-state index in [0.29, 0.717) is 0 Å². The van der Waals surface area contributed by atoms with E-state index in [2.05, 4.69) is 15.9 Å². The Hall–Kier alpha value is -0.450. The molecule has 0 radical (unpaired) electrons. The molecular formula is C10H15BrClNO2. The van der Waals surface area contributed by atoms with Crippen molar-refractivity contribution in [3.05, 3.63) is 22.2 Å². The van der Waals surface area contributed by atoms with Crippen LogP contribution in [0.3, 0.4) is 0 Å². The van der Waals surface area contributed by atoms with E-state index in [1.54, 1.807) is 14.2 Å². The van der Waals surface area contributed by atoms with Crippen LogP contribution in [0.4, 0.5) is 0 Å². The maximum atomic E-state index is 5.78. The highest BCUT2D eigenvalue weighted by Crippen LogP contribution is 2.36. The molecule has 15 heavy (non-hydrogen) atoms. The van der Waals surface area contributed by atoms with E-state index < -0.39 is 0 Å². The van der Waals surface area contributed by atoms with Crippen molar-refractivity contribution in [3.8, 4) is 11.5 Å². The molecule has 0 aliphatic carbocycles. The summed E-state index contributed by atoms with van der Waals surface area (Å²) < 4.78 is 11.2. The molecule has 2 N–H and O–H groups in total. The molecule has 5 heteroatoms. The van der Waals surface area contributed by atoms with Gasteiger partial charge in [0, 0.05) is 6.04 Å². The quantitative estimate of drug-likeness (QED) is 0.933. The van der Waals surface area contributed by atoms with Crippen molar-refractivity contribution in [3.63, 3.8) is 0 Å². The minimum Gasteiger partial charge on any atom is -0.495 e. The number of hydrogen-bond donors (Lipinski definition) is 1. The molecule has 3 nitrogen and oxygen atoms in total. The SMILES string of the molecule is COc1cc([C@@H](C)N)cc(OC)c1Br.Cl. The first kappa shape index (κ1) is 14.5. The van der Waals surface area contributed by atoms with Gasteiger partial charge < -0.3 is 15.2 Å². The van der Waals surface area contributed by atoms with Crippen LogP contribution in [0.15, 0.2) is 16.6 Å². The normalized spacial score (nSPS) is 11.5. The van der Waals surface area contributed by atoms with Crippen LogP contribution in [0.2, 0.25) is 0 Å². The Labute approximate surface area is 104 Å². The van der Waals surface area contributed by atoms with Crippen molar-refractivity contribution in [1.29, 1.82) is 0 Å². The topological polar surface area (TPSA) is 44.5 Å².